The van der Waals surface area contributed by atoms with Gasteiger partial charge >= 0.3 is 5.97 Å². The summed E-state index contributed by atoms with van der Waals surface area (Å²) in [5.41, 5.74) is 1.31. The van der Waals surface area contributed by atoms with Crippen LogP contribution in [0.3, 0.4) is 0 Å². The van der Waals surface area contributed by atoms with Crippen LogP contribution in [0.15, 0.2) is 66.2 Å². The molecule has 4 rings (SSSR count). The second-order valence-electron chi connectivity index (χ2n) is 8.59. The molecular weight excluding hydrogens is 470 g/mol. The Kier molecular flexibility index (Phi) is 8.14. The van der Waals surface area contributed by atoms with Crippen molar-refractivity contribution in [2.75, 3.05) is 13.7 Å². The van der Waals surface area contributed by atoms with Crippen molar-refractivity contribution in [2.45, 2.75) is 50.0 Å². The van der Waals surface area contributed by atoms with Crippen molar-refractivity contribution in [1.82, 2.24) is 5.32 Å². The molecule has 0 bridgehead atoms. The first kappa shape index (κ1) is 26.0. The van der Waals surface area contributed by atoms with Gasteiger partial charge in [0, 0.05) is 19.6 Å². The number of benzene rings is 2. The van der Waals surface area contributed by atoms with Crippen LogP contribution in [0.2, 0.25) is 0 Å². The molecule has 0 aromatic heterocycles. The third-order valence-corrected chi connectivity index (χ3v) is 6.09. The van der Waals surface area contributed by atoms with Gasteiger partial charge in [0.25, 0.3) is 0 Å². The molecule has 1 saturated heterocycles. The molecule has 1 fully saturated rings. The summed E-state index contributed by atoms with van der Waals surface area (Å²) in [7, 11) is 1.40. The van der Waals surface area contributed by atoms with E-state index in [1.54, 1.807) is 60.7 Å². The fraction of sp³-hybridized carbons (Fsp3) is 0.385. The molecule has 3 unspecified atom stereocenters. The highest BCUT2D eigenvalue weighted by Crippen LogP contribution is 2.40. The van der Waals surface area contributed by atoms with E-state index in [-0.39, 0.29) is 17.8 Å². The van der Waals surface area contributed by atoms with Crippen LogP contribution in [0.4, 0.5) is 0 Å². The van der Waals surface area contributed by atoms with E-state index >= 15 is 0 Å². The Hall–Kier alpha value is -3.12. The van der Waals surface area contributed by atoms with Gasteiger partial charge in [-0.1, -0.05) is 60.7 Å². The molecule has 7 atom stereocenters. The van der Waals surface area contributed by atoms with Gasteiger partial charge in [0.2, 0.25) is 12.2 Å². The minimum absolute atomic E-state index is 0.0695. The minimum atomic E-state index is -1.47. The standard InChI is InChI=1S/C26H29NO9/c1-14(28)27-20-23(31)22(30)17(13-33-2)34-26(20)36-25-19(21(29)16-11-7-4-8-12-16)18(24(32)35-25)15-9-5-3-6-10-15/h3-12,17,20-23,25-26,29-31H,13H2,1-2H3,(H,27,28)/t17-,20-,21?,22-,23-,25?,26?/m1/s1. The number of hydrogen-bond acceptors (Lipinski definition) is 9. The zero-order chi connectivity index (χ0) is 25.8. The first-order valence-corrected chi connectivity index (χ1v) is 11.5. The van der Waals surface area contributed by atoms with E-state index in [0.29, 0.717) is 11.1 Å². The average Bonchev–Trinajstić information content (AvgIpc) is 3.20. The van der Waals surface area contributed by atoms with Gasteiger partial charge in [-0.05, 0) is 11.1 Å². The van der Waals surface area contributed by atoms with E-state index in [4.69, 9.17) is 18.9 Å². The predicted octanol–water partition coefficient (Wildman–Crippen LogP) is 0.671. The van der Waals surface area contributed by atoms with Crippen LogP contribution in [0, 0.1) is 0 Å². The number of aliphatic hydroxyl groups excluding tert-OH is 3. The molecule has 10 nitrogen and oxygen atoms in total. The highest BCUT2D eigenvalue weighted by atomic mass is 16.8. The first-order chi connectivity index (χ1) is 17.3. The maximum absolute atomic E-state index is 13.0. The molecule has 2 heterocycles. The Bertz CT molecular complexity index is 1090. The van der Waals surface area contributed by atoms with Gasteiger partial charge in [-0.3, -0.25) is 4.79 Å². The van der Waals surface area contributed by atoms with Crippen molar-refractivity contribution in [3.8, 4) is 0 Å². The lowest BCUT2D eigenvalue weighted by molar-refractivity contribution is -0.301. The van der Waals surface area contributed by atoms with Crippen LogP contribution in [0.1, 0.15) is 24.2 Å². The number of amides is 1. The third-order valence-electron chi connectivity index (χ3n) is 6.09. The summed E-state index contributed by atoms with van der Waals surface area (Å²) < 4.78 is 22.4. The molecule has 0 spiro atoms. The summed E-state index contributed by atoms with van der Waals surface area (Å²) in [5, 5.41) is 35.0. The number of rotatable bonds is 8. The van der Waals surface area contributed by atoms with E-state index in [2.05, 4.69) is 5.32 Å². The topological polar surface area (TPSA) is 144 Å². The highest BCUT2D eigenvalue weighted by molar-refractivity contribution is 6.19. The van der Waals surface area contributed by atoms with Crippen LogP contribution in [-0.4, -0.2) is 77.8 Å². The molecule has 4 N–H and O–H groups in total. The Morgan fingerprint density at radius 1 is 1.06 bits per heavy atom. The van der Waals surface area contributed by atoms with Gasteiger partial charge in [-0.2, -0.15) is 0 Å². The van der Waals surface area contributed by atoms with E-state index in [0.717, 1.165) is 0 Å². The van der Waals surface area contributed by atoms with E-state index < -0.39 is 54.9 Å². The number of carbonyl (C=O) groups excluding carboxylic acids is 2. The highest BCUT2D eigenvalue weighted by Gasteiger charge is 2.49. The summed E-state index contributed by atoms with van der Waals surface area (Å²) >= 11 is 0. The van der Waals surface area contributed by atoms with Crippen LogP contribution >= 0.6 is 0 Å². The maximum atomic E-state index is 13.0. The molecule has 2 aliphatic rings. The summed E-state index contributed by atoms with van der Waals surface area (Å²) in [5.74, 6) is -1.21. The van der Waals surface area contributed by atoms with Crippen molar-refractivity contribution in [2.24, 2.45) is 0 Å². The zero-order valence-corrected chi connectivity index (χ0v) is 19.8. The van der Waals surface area contributed by atoms with E-state index in [9.17, 15) is 24.9 Å². The van der Waals surface area contributed by atoms with Crippen molar-refractivity contribution >= 4 is 17.4 Å². The molecule has 0 aliphatic carbocycles. The fourth-order valence-corrected chi connectivity index (χ4v) is 4.39. The monoisotopic (exact) mass is 499 g/mol. The molecule has 0 radical (unpaired) electrons. The van der Waals surface area contributed by atoms with E-state index in [1.165, 1.54) is 14.0 Å². The number of carbonyl (C=O) groups is 2. The lowest BCUT2D eigenvalue weighted by atomic mass is 9.93. The molecule has 10 heteroatoms. The molecule has 2 aromatic carbocycles. The number of nitrogens with one attached hydrogen (secondary N) is 1. The number of methoxy groups -OCH3 is 1. The molecule has 192 valence electrons. The zero-order valence-electron chi connectivity index (χ0n) is 19.8. The van der Waals surface area contributed by atoms with Crippen LogP contribution in [0.25, 0.3) is 5.57 Å². The number of hydrogen-bond donors (Lipinski definition) is 4. The largest absolute Gasteiger partial charge is 0.428 e. The van der Waals surface area contributed by atoms with Gasteiger partial charge < -0.3 is 39.6 Å². The SMILES string of the molecule is COC[C@H]1OC(OC2OC(=O)C(c3ccccc3)=C2C(O)c2ccccc2)[C@H](NC(C)=O)[C@@H](O)[C@@H]1O. The Labute approximate surface area is 208 Å². The summed E-state index contributed by atoms with van der Waals surface area (Å²) in [6, 6.07) is 16.2. The van der Waals surface area contributed by atoms with Crippen LogP contribution < -0.4 is 5.32 Å². The number of esters is 1. The number of aliphatic hydroxyl groups is 3. The van der Waals surface area contributed by atoms with Crippen LogP contribution in [-0.2, 0) is 28.5 Å². The molecule has 1 amide bonds. The molecular formula is C26H29NO9. The van der Waals surface area contributed by atoms with Gasteiger partial charge in [-0.25, -0.2) is 4.79 Å². The maximum Gasteiger partial charge on any atom is 0.341 e. The van der Waals surface area contributed by atoms with Crippen molar-refractivity contribution in [3.63, 3.8) is 0 Å². The van der Waals surface area contributed by atoms with Crippen molar-refractivity contribution < 1.29 is 43.9 Å². The minimum Gasteiger partial charge on any atom is -0.428 e. The quantitative estimate of drug-likeness (QED) is 0.385. The lowest BCUT2D eigenvalue weighted by Gasteiger charge is -2.43. The normalized spacial score (nSPS) is 29.1. The predicted molar refractivity (Wildman–Crippen MR) is 126 cm³/mol. The first-order valence-electron chi connectivity index (χ1n) is 11.5. The summed E-state index contributed by atoms with van der Waals surface area (Å²) in [6.45, 7) is 1.17. The second-order valence-corrected chi connectivity index (χ2v) is 8.59. The Balaban J connectivity index is 1.73. The number of ether oxygens (including phenoxy) is 4. The Morgan fingerprint density at radius 2 is 1.69 bits per heavy atom. The fourth-order valence-electron chi connectivity index (χ4n) is 4.39. The average molecular weight is 500 g/mol. The van der Waals surface area contributed by atoms with Gasteiger partial charge in [0.15, 0.2) is 6.29 Å². The van der Waals surface area contributed by atoms with Gasteiger partial charge in [0.1, 0.15) is 30.5 Å². The third kappa shape index (κ3) is 5.34. The number of cyclic esters (lactones) is 1. The van der Waals surface area contributed by atoms with Gasteiger partial charge in [0.05, 0.1) is 12.2 Å². The molecule has 2 aromatic rings. The van der Waals surface area contributed by atoms with Crippen molar-refractivity contribution in [3.05, 3.63) is 77.4 Å². The lowest BCUT2D eigenvalue weighted by Crippen LogP contribution is -2.65. The smallest absolute Gasteiger partial charge is 0.341 e. The molecule has 36 heavy (non-hydrogen) atoms. The summed E-state index contributed by atoms with van der Waals surface area (Å²) in [6.07, 6.45) is -7.86. The van der Waals surface area contributed by atoms with E-state index in [1.807, 2.05) is 0 Å². The Morgan fingerprint density at radius 3 is 2.31 bits per heavy atom. The second kappa shape index (κ2) is 11.3. The molecule has 2 aliphatic heterocycles. The molecule has 0 saturated carbocycles. The van der Waals surface area contributed by atoms with Gasteiger partial charge in [-0.15, -0.1) is 0 Å². The van der Waals surface area contributed by atoms with Crippen molar-refractivity contribution in [1.29, 1.82) is 0 Å². The summed E-state index contributed by atoms with van der Waals surface area (Å²) in [4.78, 5) is 24.9. The van der Waals surface area contributed by atoms with Crippen LogP contribution in [0.5, 0.6) is 0 Å².